The summed E-state index contributed by atoms with van der Waals surface area (Å²) in [6, 6.07) is 0. The van der Waals surface area contributed by atoms with E-state index in [2.05, 4.69) is 6.92 Å². The van der Waals surface area contributed by atoms with E-state index in [0.29, 0.717) is 0 Å². The highest BCUT2D eigenvalue weighted by Gasteiger charge is 2.40. The summed E-state index contributed by atoms with van der Waals surface area (Å²) in [5.41, 5.74) is 3.43. The van der Waals surface area contributed by atoms with E-state index in [1.165, 1.54) is 6.08 Å². The van der Waals surface area contributed by atoms with Crippen LogP contribution in [-0.4, -0.2) is 32.7 Å². The van der Waals surface area contributed by atoms with Gasteiger partial charge in [0.05, 0.1) is 5.75 Å². The van der Waals surface area contributed by atoms with Gasteiger partial charge >= 0.3 is 5.97 Å². The zero-order valence-electron chi connectivity index (χ0n) is 10.6. The highest BCUT2D eigenvalue weighted by molar-refractivity contribution is 7.93. The summed E-state index contributed by atoms with van der Waals surface area (Å²) in [6.07, 6.45) is 7.93. The molecule has 0 aliphatic rings. The lowest BCUT2D eigenvalue weighted by Gasteiger charge is -2.19. The van der Waals surface area contributed by atoms with Crippen LogP contribution in [0.5, 0.6) is 0 Å². The lowest BCUT2D eigenvalue weighted by Crippen LogP contribution is -2.56. The average molecular weight is 275 g/mol. The first-order valence-corrected chi connectivity index (χ1v) is 6.93. The van der Waals surface area contributed by atoms with Crippen LogP contribution >= 0.6 is 12.0 Å². The molecule has 0 aliphatic heterocycles. The number of aliphatic carboxylic acids is 1. The molecule has 6 heteroatoms. The number of unbranched alkanes of at least 4 members (excludes halogenated alkanes) is 4. The topological polar surface area (TPSA) is 101 Å². The maximum absolute atomic E-state index is 11.7. The Morgan fingerprint density at radius 1 is 1.33 bits per heavy atom. The third-order valence-electron chi connectivity index (χ3n) is 2.61. The Hall–Kier alpha value is -0.850. The van der Waals surface area contributed by atoms with E-state index < -0.39 is 17.3 Å². The van der Waals surface area contributed by atoms with Crippen molar-refractivity contribution in [3.05, 3.63) is 12.2 Å². The van der Waals surface area contributed by atoms with Gasteiger partial charge in [-0.25, -0.2) is 4.79 Å². The van der Waals surface area contributed by atoms with Gasteiger partial charge in [-0.2, -0.15) is 0 Å². The van der Waals surface area contributed by atoms with E-state index in [1.807, 2.05) is 0 Å². The van der Waals surface area contributed by atoms with E-state index in [1.54, 1.807) is 6.08 Å². The van der Waals surface area contributed by atoms with Crippen molar-refractivity contribution in [3.63, 3.8) is 0 Å². The van der Waals surface area contributed by atoms with Crippen molar-refractivity contribution in [3.8, 4) is 0 Å². The lowest BCUT2D eigenvalue weighted by molar-refractivity contribution is -0.145. The summed E-state index contributed by atoms with van der Waals surface area (Å²) in [6.45, 7) is 2.11. The average Bonchev–Trinajstić information content (AvgIpc) is 2.33. The monoisotopic (exact) mass is 275 g/mol. The highest BCUT2D eigenvalue weighted by Crippen LogP contribution is 2.12. The minimum atomic E-state index is -2.04. The number of rotatable bonds is 10. The second-order valence-corrected chi connectivity index (χ2v) is 4.71. The maximum atomic E-state index is 11.7. The molecule has 0 aliphatic carbocycles. The molecule has 0 heterocycles. The lowest BCUT2D eigenvalue weighted by atomic mass is 9.97. The quantitative estimate of drug-likeness (QED) is 0.244. The summed E-state index contributed by atoms with van der Waals surface area (Å²) >= 11 is 0.255. The molecule has 0 radical (unpaired) electrons. The summed E-state index contributed by atoms with van der Waals surface area (Å²) in [5, 5.41) is 8.90. The van der Waals surface area contributed by atoms with Gasteiger partial charge < -0.3 is 15.4 Å². The molecule has 0 bridgehead atoms. The summed E-state index contributed by atoms with van der Waals surface area (Å²) in [5.74, 6) is -2.47. The van der Waals surface area contributed by atoms with Gasteiger partial charge in [0, 0.05) is 0 Å². The normalized spacial score (nSPS) is 14.6. The maximum Gasteiger partial charge on any atom is 0.332 e. The Balaban J connectivity index is 4.26. The van der Waals surface area contributed by atoms with Crippen LogP contribution in [0.1, 0.15) is 39.0 Å². The van der Waals surface area contributed by atoms with Gasteiger partial charge in [-0.3, -0.25) is 4.79 Å². The van der Waals surface area contributed by atoms with E-state index in [4.69, 9.17) is 15.4 Å². The van der Waals surface area contributed by atoms with Crippen LogP contribution in [0.4, 0.5) is 0 Å². The van der Waals surface area contributed by atoms with Gasteiger partial charge in [0.15, 0.2) is 11.3 Å². The standard InChI is InChI=1S/C12H21NO4S/c1-2-3-4-5-6-7-8-10(14)12(13,9-18-17)11(15)16/h7-8,17H,2-6,9,13H2,1H3,(H,15,16)/t12-/m1/s1. The Kier molecular flexibility index (Phi) is 8.70. The molecule has 0 unspecified atom stereocenters. The van der Waals surface area contributed by atoms with E-state index in [-0.39, 0.29) is 17.8 Å². The number of ketones is 1. The molecule has 18 heavy (non-hydrogen) atoms. The predicted molar refractivity (Wildman–Crippen MR) is 72.5 cm³/mol. The number of carbonyl (C=O) groups excluding carboxylic acids is 1. The molecule has 1 atom stereocenters. The molecule has 0 aromatic carbocycles. The highest BCUT2D eigenvalue weighted by atomic mass is 32.2. The molecule has 0 rings (SSSR count). The van der Waals surface area contributed by atoms with Gasteiger partial charge in [0.2, 0.25) is 0 Å². The van der Waals surface area contributed by atoms with Crippen molar-refractivity contribution in [1.29, 1.82) is 0 Å². The fourth-order valence-electron chi connectivity index (χ4n) is 1.37. The van der Waals surface area contributed by atoms with Gasteiger partial charge in [-0.15, -0.1) is 0 Å². The first-order chi connectivity index (χ1) is 8.49. The molecule has 0 saturated carbocycles. The van der Waals surface area contributed by atoms with Crippen molar-refractivity contribution in [2.45, 2.75) is 44.6 Å². The van der Waals surface area contributed by atoms with Crippen molar-refractivity contribution in [2.24, 2.45) is 5.73 Å². The molecule has 104 valence electrons. The van der Waals surface area contributed by atoms with Crippen LogP contribution < -0.4 is 5.73 Å². The predicted octanol–water partition coefficient (Wildman–Crippen LogP) is 2.07. The number of carbonyl (C=O) groups is 2. The molecule has 4 N–H and O–H groups in total. The number of hydrogen-bond donors (Lipinski definition) is 3. The Morgan fingerprint density at radius 2 is 2.00 bits per heavy atom. The second kappa shape index (κ2) is 9.13. The third kappa shape index (κ3) is 5.66. The van der Waals surface area contributed by atoms with Gasteiger partial charge in [-0.1, -0.05) is 32.3 Å². The van der Waals surface area contributed by atoms with Crippen molar-refractivity contribution < 1.29 is 19.2 Å². The minimum Gasteiger partial charge on any atom is -0.480 e. The first kappa shape index (κ1) is 17.2. The van der Waals surface area contributed by atoms with E-state index in [9.17, 15) is 9.59 Å². The largest absolute Gasteiger partial charge is 0.480 e. The van der Waals surface area contributed by atoms with E-state index in [0.717, 1.165) is 32.1 Å². The Bertz CT molecular complexity index is 306. The SMILES string of the molecule is CCCCCCC=CC(=O)[C@](N)(CSO)C(=O)O. The number of allylic oxidation sites excluding steroid dienone is 1. The van der Waals surface area contributed by atoms with Crippen LogP contribution in [0.3, 0.4) is 0 Å². The molecular formula is C12H21NO4S. The Morgan fingerprint density at radius 3 is 2.50 bits per heavy atom. The molecule has 0 saturated heterocycles. The van der Waals surface area contributed by atoms with Crippen LogP contribution in [0.15, 0.2) is 12.2 Å². The van der Waals surface area contributed by atoms with Crippen molar-refractivity contribution in [2.75, 3.05) is 5.75 Å². The molecular weight excluding hydrogens is 254 g/mol. The summed E-state index contributed by atoms with van der Waals surface area (Å²) in [7, 11) is 0. The van der Waals surface area contributed by atoms with Crippen LogP contribution in [0.2, 0.25) is 0 Å². The van der Waals surface area contributed by atoms with Crippen LogP contribution in [-0.2, 0) is 9.59 Å². The van der Waals surface area contributed by atoms with Crippen molar-refractivity contribution in [1.82, 2.24) is 0 Å². The second-order valence-electron chi connectivity index (χ2n) is 4.17. The zero-order chi connectivity index (χ0) is 14.0. The summed E-state index contributed by atoms with van der Waals surface area (Å²) < 4.78 is 8.67. The van der Waals surface area contributed by atoms with E-state index >= 15 is 0 Å². The summed E-state index contributed by atoms with van der Waals surface area (Å²) in [4.78, 5) is 22.6. The number of nitrogens with two attached hydrogens (primary N) is 1. The molecule has 0 fully saturated rings. The smallest absolute Gasteiger partial charge is 0.332 e. The minimum absolute atomic E-state index is 0.255. The fraction of sp³-hybridized carbons (Fsp3) is 0.667. The first-order valence-electron chi connectivity index (χ1n) is 5.98. The van der Waals surface area contributed by atoms with Crippen LogP contribution in [0, 0.1) is 0 Å². The van der Waals surface area contributed by atoms with Crippen molar-refractivity contribution >= 4 is 23.8 Å². The Labute approximate surface area is 112 Å². The molecule has 0 spiro atoms. The molecule has 0 amide bonds. The molecule has 0 aromatic heterocycles. The van der Waals surface area contributed by atoms with Gasteiger partial charge in [0.25, 0.3) is 0 Å². The number of hydrogen-bond acceptors (Lipinski definition) is 5. The fourth-order valence-corrected chi connectivity index (χ4v) is 1.84. The van der Waals surface area contributed by atoms with Gasteiger partial charge in [-0.05, 0) is 31.0 Å². The zero-order valence-corrected chi connectivity index (χ0v) is 11.4. The van der Waals surface area contributed by atoms with Gasteiger partial charge in [0.1, 0.15) is 0 Å². The molecule has 0 aromatic rings. The number of carboxylic acid groups (broad SMARTS) is 1. The molecule has 5 nitrogen and oxygen atoms in total. The number of carboxylic acids is 1. The third-order valence-corrected chi connectivity index (χ3v) is 3.19. The van der Waals surface area contributed by atoms with Crippen LogP contribution in [0.25, 0.3) is 0 Å².